The van der Waals surface area contributed by atoms with Crippen molar-refractivity contribution in [3.8, 4) is 23.0 Å². The van der Waals surface area contributed by atoms with Gasteiger partial charge in [0, 0.05) is 24.1 Å². The molecule has 2 unspecified atom stereocenters. The first-order valence-corrected chi connectivity index (χ1v) is 16.1. The molecule has 250 valence electrons. The highest BCUT2D eigenvalue weighted by molar-refractivity contribution is 6.30. The molecule has 3 aliphatic rings. The molecule has 15 heteroatoms. The van der Waals surface area contributed by atoms with E-state index in [1.807, 2.05) is 23.3 Å². The Morgan fingerprint density at radius 1 is 1.06 bits per heavy atom. The maximum absolute atomic E-state index is 14.9. The monoisotopic (exact) mass is 683 g/mol. The van der Waals surface area contributed by atoms with E-state index in [9.17, 15) is 17.6 Å². The second-order valence-electron chi connectivity index (χ2n) is 12.5. The highest BCUT2D eigenvalue weighted by Gasteiger charge is 2.43. The summed E-state index contributed by atoms with van der Waals surface area (Å²) >= 11 is 5.97. The lowest BCUT2D eigenvalue weighted by molar-refractivity contribution is -0.144. The molecule has 2 saturated heterocycles. The number of H-pyrrole nitrogens is 1. The molecule has 6 heterocycles. The first-order chi connectivity index (χ1) is 23.0. The third-order valence-corrected chi connectivity index (χ3v) is 9.54. The molecule has 10 nitrogen and oxygen atoms in total. The molecular weight excluding hydrogens is 654 g/mol. The average molecular weight is 684 g/mol. The molecule has 0 spiro atoms. The van der Waals surface area contributed by atoms with Crippen molar-refractivity contribution in [1.82, 2.24) is 34.6 Å². The number of alkyl halides is 3. The molecule has 2 aromatic carbocycles. The summed E-state index contributed by atoms with van der Waals surface area (Å²) in [5.41, 5.74) is 2.86. The van der Waals surface area contributed by atoms with Crippen molar-refractivity contribution in [2.75, 3.05) is 19.7 Å². The first kappa shape index (κ1) is 31.0. The summed E-state index contributed by atoms with van der Waals surface area (Å²) in [6.45, 7) is 5.17. The predicted molar refractivity (Wildman–Crippen MR) is 166 cm³/mol. The molecule has 1 N–H and O–H groups in total. The minimum atomic E-state index is -4.64. The number of rotatable bonds is 7. The van der Waals surface area contributed by atoms with Gasteiger partial charge in [0.25, 0.3) is 5.79 Å². The van der Waals surface area contributed by atoms with E-state index in [4.69, 9.17) is 30.8 Å². The maximum atomic E-state index is 14.9. The number of nitrogens with one attached hydrogen (secondary N) is 1. The number of pyridine rings is 1. The zero-order chi connectivity index (χ0) is 33.2. The first-order valence-electron chi connectivity index (χ1n) is 15.7. The van der Waals surface area contributed by atoms with Crippen LogP contribution in [-0.4, -0.2) is 60.4 Å². The minimum absolute atomic E-state index is 0.0586. The number of fused-ring (bicyclic) bond motifs is 2. The highest BCUT2D eigenvalue weighted by Crippen LogP contribution is 2.50. The summed E-state index contributed by atoms with van der Waals surface area (Å²) in [7, 11) is 0. The molecule has 2 atom stereocenters. The number of benzene rings is 2. The number of ether oxygens (including phenoxy) is 3. The summed E-state index contributed by atoms with van der Waals surface area (Å²) in [5, 5.41) is 5.95. The molecule has 0 amide bonds. The van der Waals surface area contributed by atoms with E-state index < -0.39 is 23.6 Å². The quantitative estimate of drug-likeness (QED) is 0.186. The van der Waals surface area contributed by atoms with Crippen LogP contribution in [0.3, 0.4) is 0 Å². The fourth-order valence-corrected chi connectivity index (χ4v) is 6.85. The van der Waals surface area contributed by atoms with Crippen molar-refractivity contribution in [1.29, 1.82) is 0 Å². The number of halogens is 5. The van der Waals surface area contributed by atoms with Gasteiger partial charge in [0.05, 0.1) is 42.0 Å². The average Bonchev–Trinajstić information content (AvgIpc) is 3.74. The van der Waals surface area contributed by atoms with E-state index in [1.54, 1.807) is 31.3 Å². The molecule has 0 radical (unpaired) electrons. The maximum Gasteiger partial charge on any atom is 0.451 e. The number of para-hydroxylation sites is 1. The molecule has 0 bridgehead atoms. The van der Waals surface area contributed by atoms with Crippen molar-refractivity contribution < 1.29 is 31.8 Å². The van der Waals surface area contributed by atoms with Gasteiger partial charge in [-0.25, -0.2) is 14.4 Å². The molecule has 5 aromatic rings. The molecular formula is C33H30ClF4N7O3. The van der Waals surface area contributed by atoms with Gasteiger partial charge in [0.2, 0.25) is 5.82 Å². The molecule has 0 saturated carbocycles. The predicted octanol–water partition coefficient (Wildman–Crippen LogP) is 6.84. The lowest BCUT2D eigenvalue weighted by Gasteiger charge is -2.33. The summed E-state index contributed by atoms with van der Waals surface area (Å²) < 4.78 is 74.5. The van der Waals surface area contributed by atoms with Crippen LogP contribution in [0.4, 0.5) is 17.6 Å². The molecule has 3 aliphatic heterocycles. The van der Waals surface area contributed by atoms with Crippen molar-refractivity contribution in [2.45, 2.75) is 63.3 Å². The van der Waals surface area contributed by atoms with Gasteiger partial charge in [-0.1, -0.05) is 23.7 Å². The van der Waals surface area contributed by atoms with Gasteiger partial charge >= 0.3 is 6.18 Å². The lowest BCUT2D eigenvalue weighted by atomic mass is 9.88. The Labute approximate surface area is 277 Å². The van der Waals surface area contributed by atoms with Crippen LogP contribution < -0.4 is 9.47 Å². The number of piperidine rings is 1. The van der Waals surface area contributed by atoms with E-state index in [-0.39, 0.29) is 29.1 Å². The van der Waals surface area contributed by atoms with E-state index >= 15 is 0 Å². The van der Waals surface area contributed by atoms with E-state index in [0.29, 0.717) is 41.7 Å². The van der Waals surface area contributed by atoms with Gasteiger partial charge in [0.15, 0.2) is 17.3 Å². The molecule has 48 heavy (non-hydrogen) atoms. The van der Waals surface area contributed by atoms with Crippen LogP contribution in [0.2, 0.25) is 5.02 Å². The number of hydrogen-bond acceptors (Lipinski definition) is 8. The van der Waals surface area contributed by atoms with Gasteiger partial charge < -0.3 is 18.8 Å². The zero-order valence-corrected chi connectivity index (χ0v) is 26.5. The topological polar surface area (TPSA) is 103 Å². The molecule has 8 rings (SSSR count). The van der Waals surface area contributed by atoms with Gasteiger partial charge in [0.1, 0.15) is 17.3 Å². The van der Waals surface area contributed by atoms with Crippen molar-refractivity contribution in [2.24, 2.45) is 0 Å². The van der Waals surface area contributed by atoms with Crippen LogP contribution in [0.1, 0.15) is 54.9 Å². The van der Waals surface area contributed by atoms with Crippen molar-refractivity contribution in [3.05, 3.63) is 82.3 Å². The Bertz CT molecular complexity index is 2010. The third-order valence-electron chi connectivity index (χ3n) is 9.30. The van der Waals surface area contributed by atoms with E-state index in [2.05, 4.69) is 24.5 Å². The zero-order valence-electron chi connectivity index (χ0n) is 25.7. The smallest absolute Gasteiger partial charge is 0.444 e. The van der Waals surface area contributed by atoms with Crippen LogP contribution >= 0.6 is 11.6 Å². The van der Waals surface area contributed by atoms with Crippen molar-refractivity contribution in [3.63, 3.8) is 0 Å². The van der Waals surface area contributed by atoms with Gasteiger partial charge in [-0.05, 0) is 68.6 Å². The minimum Gasteiger partial charge on any atom is -0.444 e. The van der Waals surface area contributed by atoms with E-state index in [1.165, 1.54) is 6.07 Å². The van der Waals surface area contributed by atoms with Crippen LogP contribution in [0.5, 0.6) is 11.5 Å². The number of likely N-dealkylation sites (tertiary alicyclic amines) is 1. The number of aromatic nitrogens is 6. The fourth-order valence-electron chi connectivity index (χ4n) is 6.69. The second kappa shape index (κ2) is 11.7. The Morgan fingerprint density at radius 3 is 2.58 bits per heavy atom. The second-order valence-corrected chi connectivity index (χ2v) is 12.9. The van der Waals surface area contributed by atoms with Crippen LogP contribution in [0.15, 0.2) is 48.7 Å². The van der Waals surface area contributed by atoms with Crippen LogP contribution in [0.25, 0.3) is 22.6 Å². The Kier molecular flexibility index (Phi) is 7.57. The Morgan fingerprint density at radius 2 is 1.88 bits per heavy atom. The van der Waals surface area contributed by atoms with Crippen molar-refractivity contribution >= 4 is 22.6 Å². The standard InChI is InChI=1S/C33H30ClF4N7O3/c1-32(22-6-5-19(34)13-23(22)35)47-27-4-2-3-21(29(27)48-32)18-7-10-44(11-8-18)17-28-40-24-14-25(30-41-31(43-42-30)33(36,37)38)39-15-26(24)45(28)16-20-9-12-46-20/h2-6,13-15,18,20H,7-12,16-17H2,1H3,(H,41,42,43). The molecule has 3 aromatic heterocycles. The van der Waals surface area contributed by atoms with Gasteiger partial charge in [-0.2, -0.15) is 18.3 Å². The highest BCUT2D eigenvalue weighted by atomic mass is 35.5. The van der Waals surface area contributed by atoms with Crippen LogP contribution in [-0.2, 0) is 29.8 Å². The normalized spacial score (nSPS) is 21.6. The number of imidazole rings is 1. The molecule has 0 aliphatic carbocycles. The van der Waals surface area contributed by atoms with E-state index in [0.717, 1.165) is 49.3 Å². The molecule has 2 fully saturated rings. The number of aromatic amines is 1. The summed E-state index contributed by atoms with van der Waals surface area (Å²) in [6, 6.07) is 11.9. The summed E-state index contributed by atoms with van der Waals surface area (Å²) in [4.78, 5) is 15.2. The number of hydrogen-bond donors (Lipinski definition) is 1. The largest absolute Gasteiger partial charge is 0.451 e. The number of nitrogens with zero attached hydrogens (tertiary/aromatic N) is 6. The summed E-state index contributed by atoms with van der Waals surface area (Å²) in [5.74, 6) is -0.914. The Balaban J connectivity index is 0.998. The SMILES string of the molecule is CC1(c2ccc(Cl)cc2F)Oc2cccc(C3CCN(Cc4nc5cc(-c6n[nH]c(C(F)(F)F)n6)ncc5n4CC4CCO4)CC3)c2O1. The summed E-state index contributed by atoms with van der Waals surface area (Å²) in [6.07, 6.45) is -0.324. The van der Waals surface area contributed by atoms with Crippen LogP contribution in [0, 0.1) is 5.82 Å². The third kappa shape index (κ3) is 5.65. The van der Waals surface area contributed by atoms with Gasteiger partial charge in [-0.15, -0.1) is 0 Å². The fraction of sp³-hybridized carbons (Fsp3) is 0.394. The Hall–Kier alpha value is -4.27. The lowest BCUT2D eigenvalue weighted by Crippen LogP contribution is -2.35. The van der Waals surface area contributed by atoms with Gasteiger partial charge in [-0.3, -0.25) is 15.0 Å².